The molecule has 0 aliphatic rings. The van der Waals surface area contributed by atoms with Gasteiger partial charge in [-0.15, -0.1) is 10.2 Å². The first kappa shape index (κ1) is 20.9. The molecular weight excluding hydrogens is 427 g/mol. The topological polar surface area (TPSA) is 73.3 Å². The van der Waals surface area contributed by atoms with Gasteiger partial charge in [-0.25, -0.2) is 4.39 Å². The van der Waals surface area contributed by atoms with E-state index < -0.39 is 12.5 Å². The number of alkyl halides is 2. The summed E-state index contributed by atoms with van der Waals surface area (Å²) < 4.78 is 47.6. The standard InChI is InChI=1S/C18H14F3N3O3S2/c1-26-14-8-11(4-7-13(14)27-16(20)21)15(25)22-17-23-24-18(29-17)28-9-10-2-5-12(19)6-3-10/h2-8,16H,9H2,1H3,(H,22,23,25). The number of nitrogens with zero attached hydrogens (tertiary/aromatic N) is 2. The molecule has 152 valence electrons. The number of nitrogens with one attached hydrogen (secondary N) is 1. The predicted molar refractivity (Wildman–Crippen MR) is 103 cm³/mol. The summed E-state index contributed by atoms with van der Waals surface area (Å²) in [5.41, 5.74) is 1.11. The van der Waals surface area contributed by atoms with Crippen molar-refractivity contribution >= 4 is 34.1 Å². The van der Waals surface area contributed by atoms with Crippen molar-refractivity contribution < 1.29 is 27.4 Å². The predicted octanol–water partition coefficient (Wildman–Crippen LogP) is 4.83. The van der Waals surface area contributed by atoms with E-state index >= 15 is 0 Å². The fourth-order valence-corrected chi connectivity index (χ4v) is 3.92. The van der Waals surface area contributed by atoms with Crippen LogP contribution < -0.4 is 14.8 Å². The number of methoxy groups -OCH3 is 1. The van der Waals surface area contributed by atoms with E-state index in [4.69, 9.17) is 4.74 Å². The third-order valence-corrected chi connectivity index (χ3v) is 5.59. The Hall–Kier alpha value is -2.79. The van der Waals surface area contributed by atoms with Crippen molar-refractivity contribution in [2.75, 3.05) is 12.4 Å². The lowest BCUT2D eigenvalue weighted by Crippen LogP contribution is -2.12. The van der Waals surface area contributed by atoms with Crippen LogP contribution in [0.25, 0.3) is 0 Å². The normalized spacial score (nSPS) is 10.8. The number of rotatable bonds is 8. The van der Waals surface area contributed by atoms with Gasteiger partial charge in [0.1, 0.15) is 5.82 Å². The number of carbonyl (C=O) groups is 1. The highest BCUT2D eigenvalue weighted by atomic mass is 32.2. The zero-order valence-corrected chi connectivity index (χ0v) is 16.5. The van der Waals surface area contributed by atoms with Crippen LogP contribution in [0.2, 0.25) is 0 Å². The molecule has 0 atom stereocenters. The molecule has 2 aromatic carbocycles. The lowest BCUT2D eigenvalue weighted by molar-refractivity contribution is -0.0512. The van der Waals surface area contributed by atoms with Crippen LogP contribution in [0.3, 0.4) is 0 Å². The largest absolute Gasteiger partial charge is 0.493 e. The maximum Gasteiger partial charge on any atom is 0.387 e. The van der Waals surface area contributed by atoms with E-state index in [1.54, 1.807) is 12.1 Å². The molecule has 3 aromatic rings. The monoisotopic (exact) mass is 441 g/mol. The van der Waals surface area contributed by atoms with Gasteiger partial charge in [0.2, 0.25) is 5.13 Å². The van der Waals surface area contributed by atoms with Gasteiger partial charge in [0.25, 0.3) is 5.91 Å². The Balaban J connectivity index is 1.61. The van der Waals surface area contributed by atoms with E-state index in [0.717, 1.165) is 5.56 Å². The minimum absolute atomic E-state index is 0.00533. The van der Waals surface area contributed by atoms with Gasteiger partial charge in [-0.05, 0) is 35.9 Å². The Bertz CT molecular complexity index is 984. The van der Waals surface area contributed by atoms with E-state index in [1.807, 2.05) is 0 Å². The van der Waals surface area contributed by atoms with E-state index in [0.29, 0.717) is 10.1 Å². The summed E-state index contributed by atoms with van der Waals surface area (Å²) in [7, 11) is 1.28. The summed E-state index contributed by atoms with van der Waals surface area (Å²) in [6.07, 6.45) is 0. The highest BCUT2D eigenvalue weighted by Crippen LogP contribution is 2.31. The molecule has 3 rings (SSSR count). The van der Waals surface area contributed by atoms with Gasteiger partial charge in [0, 0.05) is 11.3 Å². The van der Waals surface area contributed by atoms with Crippen molar-refractivity contribution in [1.82, 2.24) is 10.2 Å². The van der Waals surface area contributed by atoms with Crippen LogP contribution in [0.15, 0.2) is 46.8 Å². The van der Waals surface area contributed by atoms with Gasteiger partial charge in [0.05, 0.1) is 7.11 Å². The Morgan fingerprint density at radius 1 is 1.17 bits per heavy atom. The quantitative estimate of drug-likeness (QED) is 0.399. The first-order valence-corrected chi connectivity index (χ1v) is 9.90. The second kappa shape index (κ2) is 9.61. The van der Waals surface area contributed by atoms with Gasteiger partial charge in [-0.3, -0.25) is 10.1 Å². The SMILES string of the molecule is COc1cc(C(=O)Nc2nnc(SCc3ccc(F)cc3)s2)ccc1OC(F)F. The van der Waals surface area contributed by atoms with Gasteiger partial charge < -0.3 is 9.47 Å². The minimum atomic E-state index is -3.00. The number of benzene rings is 2. The van der Waals surface area contributed by atoms with Crippen molar-refractivity contribution in [2.45, 2.75) is 16.7 Å². The summed E-state index contributed by atoms with van der Waals surface area (Å²) >= 11 is 2.58. The summed E-state index contributed by atoms with van der Waals surface area (Å²) in [5, 5.41) is 10.8. The number of amides is 1. The molecule has 1 heterocycles. The number of aromatic nitrogens is 2. The maximum absolute atomic E-state index is 12.9. The lowest BCUT2D eigenvalue weighted by atomic mass is 10.2. The fourth-order valence-electron chi connectivity index (χ4n) is 2.22. The Morgan fingerprint density at radius 2 is 1.93 bits per heavy atom. The maximum atomic E-state index is 12.9. The molecule has 0 aliphatic heterocycles. The van der Waals surface area contributed by atoms with Crippen molar-refractivity contribution in [1.29, 1.82) is 0 Å². The molecule has 0 spiro atoms. The number of carbonyl (C=O) groups excluding carboxylic acids is 1. The number of ether oxygens (including phenoxy) is 2. The van der Waals surface area contributed by atoms with Gasteiger partial charge in [-0.2, -0.15) is 8.78 Å². The zero-order chi connectivity index (χ0) is 20.8. The minimum Gasteiger partial charge on any atom is -0.493 e. The lowest BCUT2D eigenvalue weighted by Gasteiger charge is -2.11. The van der Waals surface area contributed by atoms with Gasteiger partial charge in [-0.1, -0.05) is 35.2 Å². The van der Waals surface area contributed by atoms with E-state index in [9.17, 15) is 18.0 Å². The summed E-state index contributed by atoms with van der Waals surface area (Å²) in [6.45, 7) is -3.00. The smallest absolute Gasteiger partial charge is 0.387 e. The first-order valence-electron chi connectivity index (χ1n) is 8.09. The number of anilines is 1. The Labute approximate surface area is 172 Å². The number of hydrogen-bond donors (Lipinski definition) is 1. The molecule has 6 nitrogen and oxygen atoms in total. The van der Waals surface area contributed by atoms with E-state index in [-0.39, 0.29) is 28.0 Å². The van der Waals surface area contributed by atoms with Crippen LogP contribution >= 0.6 is 23.1 Å². The van der Waals surface area contributed by atoms with Crippen molar-refractivity contribution in [3.63, 3.8) is 0 Å². The van der Waals surface area contributed by atoms with Crippen LogP contribution in [0.5, 0.6) is 11.5 Å². The molecule has 0 saturated heterocycles. The Kier molecular flexibility index (Phi) is 6.94. The highest BCUT2D eigenvalue weighted by molar-refractivity contribution is 8.00. The highest BCUT2D eigenvalue weighted by Gasteiger charge is 2.16. The Morgan fingerprint density at radius 3 is 2.62 bits per heavy atom. The molecule has 0 unspecified atom stereocenters. The van der Waals surface area contributed by atoms with Gasteiger partial charge >= 0.3 is 6.61 Å². The van der Waals surface area contributed by atoms with E-state index in [1.165, 1.54) is 60.5 Å². The summed E-state index contributed by atoms with van der Waals surface area (Å²) in [6, 6.07) is 9.98. The molecule has 1 N–H and O–H groups in total. The van der Waals surface area contributed by atoms with Gasteiger partial charge in [0.15, 0.2) is 15.8 Å². The second-order valence-corrected chi connectivity index (χ2v) is 7.69. The third-order valence-electron chi connectivity index (χ3n) is 3.54. The second-order valence-electron chi connectivity index (χ2n) is 5.49. The zero-order valence-electron chi connectivity index (χ0n) is 14.9. The molecule has 1 amide bonds. The first-order chi connectivity index (χ1) is 13.9. The van der Waals surface area contributed by atoms with Crippen LogP contribution in [0.4, 0.5) is 18.3 Å². The summed E-state index contributed by atoms with van der Waals surface area (Å²) in [4.78, 5) is 12.4. The summed E-state index contributed by atoms with van der Waals surface area (Å²) in [5.74, 6) is -0.394. The molecule has 29 heavy (non-hydrogen) atoms. The van der Waals surface area contributed by atoms with Crippen LogP contribution in [-0.2, 0) is 5.75 Å². The number of thioether (sulfide) groups is 1. The van der Waals surface area contributed by atoms with Crippen molar-refractivity contribution in [2.24, 2.45) is 0 Å². The molecule has 0 saturated carbocycles. The molecule has 0 radical (unpaired) electrons. The molecule has 1 aromatic heterocycles. The molecule has 0 bridgehead atoms. The molecule has 0 aliphatic carbocycles. The average molecular weight is 441 g/mol. The molecule has 0 fully saturated rings. The fraction of sp³-hybridized carbons (Fsp3) is 0.167. The number of hydrogen-bond acceptors (Lipinski definition) is 7. The van der Waals surface area contributed by atoms with Crippen molar-refractivity contribution in [3.8, 4) is 11.5 Å². The third kappa shape index (κ3) is 5.84. The molecular formula is C18H14F3N3O3S2. The van der Waals surface area contributed by atoms with E-state index in [2.05, 4.69) is 20.3 Å². The van der Waals surface area contributed by atoms with Crippen LogP contribution in [-0.4, -0.2) is 29.8 Å². The molecule has 11 heteroatoms. The van der Waals surface area contributed by atoms with Crippen molar-refractivity contribution in [3.05, 3.63) is 59.4 Å². The van der Waals surface area contributed by atoms with Crippen LogP contribution in [0.1, 0.15) is 15.9 Å². The number of halogens is 3. The average Bonchev–Trinajstić information content (AvgIpc) is 3.14. The van der Waals surface area contributed by atoms with Crippen LogP contribution in [0, 0.1) is 5.82 Å².